The molecule has 0 amide bonds. The second-order valence-corrected chi connectivity index (χ2v) is 6.48. The zero-order valence-electron chi connectivity index (χ0n) is 12.9. The Hall–Kier alpha value is -0.610. The van der Waals surface area contributed by atoms with Gasteiger partial charge in [-0.3, -0.25) is 9.69 Å². The van der Waals surface area contributed by atoms with Crippen molar-refractivity contribution in [3.05, 3.63) is 0 Å². The third-order valence-corrected chi connectivity index (χ3v) is 4.37. The van der Waals surface area contributed by atoms with Crippen LogP contribution in [0.2, 0.25) is 0 Å². The minimum Gasteiger partial charge on any atom is -0.480 e. The molecule has 0 unspecified atom stereocenters. The number of rotatable bonds is 7. The highest BCUT2D eigenvalue weighted by Crippen LogP contribution is 2.32. The van der Waals surface area contributed by atoms with E-state index in [1.54, 1.807) is 0 Å². The Kier molecular flexibility index (Phi) is 6.80. The Balaban J connectivity index is 2.49. The minimum absolute atomic E-state index is 0.185. The first-order chi connectivity index (χ1) is 8.90. The van der Waals surface area contributed by atoms with E-state index in [0.717, 1.165) is 37.8 Å². The van der Waals surface area contributed by atoms with Crippen LogP contribution in [0.1, 0.15) is 39.5 Å². The van der Waals surface area contributed by atoms with Crippen molar-refractivity contribution in [2.24, 2.45) is 11.8 Å². The molecule has 4 heteroatoms. The quantitative estimate of drug-likeness (QED) is 0.770. The largest absolute Gasteiger partial charge is 0.480 e. The summed E-state index contributed by atoms with van der Waals surface area (Å²) in [5.74, 6) is 0.886. The van der Waals surface area contributed by atoms with Gasteiger partial charge >= 0.3 is 5.97 Å². The van der Waals surface area contributed by atoms with E-state index in [-0.39, 0.29) is 6.54 Å². The topological polar surface area (TPSA) is 43.8 Å². The summed E-state index contributed by atoms with van der Waals surface area (Å²) < 4.78 is 0. The summed E-state index contributed by atoms with van der Waals surface area (Å²) in [7, 11) is 4.07. The molecule has 1 aliphatic carbocycles. The smallest absolute Gasteiger partial charge is 0.317 e. The number of carboxylic acids is 1. The number of likely N-dealkylation sites (N-methyl/N-ethyl adjacent to an activating group) is 1. The van der Waals surface area contributed by atoms with Gasteiger partial charge in [0.2, 0.25) is 0 Å². The van der Waals surface area contributed by atoms with Crippen LogP contribution in [0.4, 0.5) is 0 Å². The van der Waals surface area contributed by atoms with Crippen LogP contribution in [0.25, 0.3) is 0 Å². The highest BCUT2D eigenvalue weighted by atomic mass is 16.4. The highest BCUT2D eigenvalue weighted by molar-refractivity contribution is 5.69. The molecule has 0 heterocycles. The number of nitrogens with zero attached hydrogens (tertiary/aromatic N) is 2. The molecule has 19 heavy (non-hydrogen) atoms. The number of carboxylic acid groups (broad SMARTS) is 1. The summed E-state index contributed by atoms with van der Waals surface area (Å²) in [6.45, 7) is 6.57. The molecule has 0 saturated heterocycles. The van der Waals surface area contributed by atoms with Gasteiger partial charge in [0.15, 0.2) is 0 Å². The normalized spacial score (nSPS) is 24.4. The first-order valence-electron chi connectivity index (χ1n) is 7.50. The molecule has 0 atom stereocenters. The Morgan fingerprint density at radius 1 is 1.16 bits per heavy atom. The molecule has 1 rings (SSSR count). The summed E-state index contributed by atoms with van der Waals surface area (Å²) in [6, 6.07) is 0.464. The van der Waals surface area contributed by atoms with Crippen molar-refractivity contribution in [1.82, 2.24) is 9.80 Å². The molecular weight excluding hydrogens is 240 g/mol. The van der Waals surface area contributed by atoms with Gasteiger partial charge in [-0.05, 0) is 51.6 Å². The molecule has 1 saturated carbocycles. The van der Waals surface area contributed by atoms with Crippen molar-refractivity contribution in [3.63, 3.8) is 0 Å². The number of hydrogen-bond donors (Lipinski definition) is 1. The lowest BCUT2D eigenvalue weighted by molar-refractivity contribution is -0.139. The van der Waals surface area contributed by atoms with Crippen LogP contribution in [-0.4, -0.2) is 60.6 Å². The SMILES string of the molecule is CC(C)C1CCC(N(CCN(C)C)CC(=O)O)CC1. The van der Waals surface area contributed by atoms with E-state index in [9.17, 15) is 4.79 Å². The third kappa shape index (κ3) is 5.91. The third-order valence-electron chi connectivity index (χ3n) is 4.37. The zero-order chi connectivity index (χ0) is 14.4. The molecule has 0 aromatic carbocycles. The van der Waals surface area contributed by atoms with Crippen molar-refractivity contribution < 1.29 is 9.90 Å². The van der Waals surface area contributed by atoms with Gasteiger partial charge in [-0.1, -0.05) is 13.8 Å². The fourth-order valence-electron chi connectivity index (χ4n) is 3.03. The van der Waals surface area contributed by atoms with E-state index in [1.165, 1.54) is 12.8 Å². The van der Waals surface area contributed by atoms with Crippen molar-refractivity contribution in [3.8, 4) is 0 Å². The maximum Gasteiger partial charge on any atom is 0.317 e. The van der Waals surface area contributed by atoms with Crippen LogP contribution in [0.15, 0.2) is 0 Å². The lowest BCUT2D eigenvalue weighted by Gasteiger charge is -2.37. The summed E-state index contributed by atoms with van der Waals surface area (Å²) in [5, 5.41) is 9.06. The van der Waals surface area contributed by atoms with E-state index in [4.69, 9.17) is 5.11 Å². The molecule has 0 spiro atoms. The van der Waals surface area contributed by atoms with Crippen LogP contribution in [0.3, 0.4) is 0 Å². The lowest BCUT2D eigenvalue weighted by atomic mass is 9.79. The van der Waals surface area contributed by atoms with Gasteiger partial charge < -0.3 is 10.0 Å². The summed E-state index contributed by atoms with van der Waals surface area (Å²) >= 11 is 0. The second kappa shape index (κ2) is 7.85. The van der Waals surface area contributed by atoms with Gasteiger partial charge in [0.05, 0.1) is 6.54 Å². The maximum atomic E-state index is 11.0. The van der Waals surface area contributed by atoms with E-state index in [2.05, 4.69) is 23.6 Å². The number of carbonyl (C=O) groups is 1. The molecule has 4 nitrogen and oxygen atoms in total. The van der Waals surface area contributed by atoms with Crippen LogP contribution >= 0.6 is 0 Å². The fraction of sp³-hybridized carbons (Fsp3) is 0.933. The van der Waals surface area contributed by atoms with Crippen LogP contribution in [0, 0.1) is 11.8 Å². The average molecular weight is 270 g/mol. The Morgan fingerprint density at radius 2 is 1.74 bits per heavy atom. The molecular formula is C15H30N2O2. The van der Waals surface area contributed by atoms with Gasteiger partial charge in [-0.2, -0.15) is 0 Å². The second-order valence-electron chi connectivity index (χ2n) is 6.48. The first kappa shape index (κ1) is 16.4. The monoisotopic (exact) mass is 270 g/mol. The standard InChI is InChI=1S/C15H30N2O2/c1-12(2)13-5-7-14(8-6-13)17(11-15(18)19)10-9-16(3)4/h12-14H,5-11H2,1-4H3,(H,18,19). The van der Waals surface area contributed by atoms with E-state index < -0.39 is 5.97 Å². The Bertz CT molecular complexity index is 271. The highest BCUT2D eigenvalue weighted by Gasteiger charge is 2.28. The average Bonchev–Trinajstić information content (AvgIpc) is 2.34. The molecule has 0 aromatic rings. The molecule has 1 N–H and O–H groups in total. The molecule has 0 radical (unpaired) electrons. The Labute approximate surface area is 117 Å². The Morgan fingerprint density at radius 3 is 2.16 bits per heavy atom. The predicted octanol–water partition coefficient (Wildman–Crippen LogP) is 2.15. The molecule has 1 aliphatic rings. The summed E-state index contributed by atoms with van der Waals surface area (Å²) in [4.78, 5) is 15.3. The van der Waals surface area contributed by atoms with Gasteiger partial charge in [0.1, 0.15) is 0 Å². The lowest BCUT2D eigenvalue weighted by Crippen LogP contribution is -2.44. The van der Waals surface area contributed by atoms with Crippen LogP contribution in [-0.2, 0) is 4.79 Å². The van der Waals surface area contributed by atoms with Gasteiger partial charge in [-0.25, -0.2) is 0 Å². The fourth-order valence-corrected chi connectivity index (χ4v) is 3.03. The van der Waals surface area contributed by atoms with Gasteiger partial charge in [0, 0.05) is 19.1 Å². The van der Waals surface area contributed by atoms with Crippen molar-refractivity contribution in [2.75, 3.05) is 33.7 Å². The molecule has 0 aromatic heterocycles. The minimum atomic E-state index is -0.704. The summed E-state index contributed by atoms with van der Waals surface area (Å²) in [5.41, 5.74) is 0. The van der Waals surface area contributed by atoms with Gasteiger partial charge in [0.25, 0.3) is 0 Å². The molecule has 1 fully saturated rings. The van der Waals surface area contributed by atoms with E-state index in [1.807, 2.05) is 14.1 Å². The predicted molar refractivity (Wildman–Crippen MR) is 78.3 cm³/mol. The van der Waals surface area contributed by atoms with Crippen molar-refractivity contribution in [1.29, 1.82) is 0 Å². The maximum absolute atomic E-state index is 11.0. The summed E-state index contributed by atoms with van der Waals surface area (Å²) in [6.07, 6.45) is 4.81. The van der Waals surface area contributed by atoms with Gasteiger partial charge in [-0.15, -0.1) is 0 Å². The van der Waals surface area contributed by atoms with Crippen LogP contribution in [0.5, 0.6) is 0 Å². The van der Waals surface area contributed by atoms with Crippen molar-refractivity contribution >= 4 is 5.97 Å². The molecule has 0 aliphatic heterocycles. The number of aliphatic carboxylic acids is 1. The van der Waals surface area contributed by atoms with Crippen molar-refractivity contribution in [2.45, 2.75) is 45.6 Å². The van der Waals surface area contributed by atoms with E-state index in [0.29, 0.717) is 6.04 Å². The number of hydrogen-bond acceptors (Lipinski definition) is 3. The van der Waals surface area contributed by atoms with Crippen LogP contribution < -0.4 is 0 Å². The van der Waals surface area contributed by atoms with E-state index >= 15 is 0 Å². The first-order valence-corrected chi connectivity index (χ1v) is 7.50. The zero-order valence-corrected chi connectivity index (χ0v) is 12.9. The molecule has 0 bridgehead atoms. The molecule has 112 valence electrons.